The van der Waals surface area contributed by atoms with Gasteiger partial charge in [-0.1, -0.05) is 6.07 Å². The van der Waals surface area contributed by atoms with Gasteiger partial charge in [-0.15, -0.1) is 0 Å². The number of nitrogens with zero attached hydrogens (tertiary/aromatic N) is 2. The number of benzene rings is 1. The molecule has 0 amide bonds. The molecule has 0 bridgehead atoms. The van der Waals surface area contributed by atoms with Crippen molar-refractivity contribution in [2.45, 2.75) is 30.6 Å². The first-order valence-corrected chi connectivity index (χ1v) is 9.51. The van der Waals surface area contributed by atoms with Gasteiger partial charge in [0.25, 0.3) is 0 Å². The van der Waals surface area contributed by atoms with Gasteiger partial charge in [-0.25, -0.2) is 8.42 Å². The molecule has 0 radical (unpaired) electrons. The van der Waals surface area contributed by atoms with Gasteiger partial charge in [0.2, 0.25) is 10.0 Å². The van der Waals surface area contributed by atoms with Crippen LogP contribution >= 0.6 is 0 Å². The summed E-state index contributed by atoms with van der Waals surface area (Å²) in [4.78, 5) is 0.132. The molecule has 0 aliphatic carbocycles. The van der Waals surface area contributed by atoms with Crippen LogP contribution in [-0.4, -0.2) is 51.2 Å². The van der Waals surface area contributed by atoms with Crippen molar-refractivity contribution in [1.29, 1.82) is 5.26 Å². The third-order valence-electron chi connectivity index (χ3n) is 4.62. The molecule has 1 fully saturated rings. The second-order valence-corrected chi connectivity index (χ2v) is 8.27. The van der Waals surface area contributed by atoms with E-state index in [2.05, 4.69) is 0 Å². The molecule has 6 nitrogen and oxygen atoms in total. The van der Waals surface area contributed by atoms with Crippen molar-refractivity contribution < 1.29 is 18.3 Å². The van der Waals surface area contributed by atoms with Crippen LogP contribution in [-0.2, 0) is 14.8 Å². The predicted molar refractivity (Wildman–Crippen MR) is 89.8 cm³/mol. The summed E-state index contributed by atoms with van der Waals surface area (Å²) >= 11 is 0. The lowest BCUT2D eigenvalue weighted by Gasteiger charge is -2.41. The Morgan fingerprint density at radius 1 is 1.46 bits per heavy atom. The van der Waals surface area contributed by atoms with E-state index in [0.717, 1.165) is 19.3 Å². The first kappa shape index (κ1) is 18.9. The molecule has 1 saturated heterocycles. The summed E-state index contributed by atoms with van der Waals surface area (Å²) in [5, 5.41) is 18.8. The molecular weight excluding hydrogens is 328 g/mol. The zero-order valence-corrected chi connectivity index (χ0v) is 14.8. The average Bonchev–Trinajstić information content (AvgIpc) is 2.62. The summed E-state index contributed by atoms with van der Waals surface area (Å²) in [7, 11) is -2.04. The molecule has 2 rings (SSSR count). The minimum Gasteiger partial charge on any atom is -0.396 e. The lowest BCUT2D eigenvalue weighted by Crippen LogP contribution is -2.47. The fourth-order valence-electron chi connectivity index (χ4n) is 3.25. The van der Waals surface area contributed by atoms with E-state index < -0.39 is 15.4 Å². The normalized spacial score (nSPS) is 22.2. The second-order valence-electron chi connectivity index (χ2n) is 6.34. The number of methoxy groups -OCH3 is 1. The lowest BCUT2D eigenvalue weighted by molar-refractivity contribution is 0.0472. The minimum absolute atomic E-state index is 0.0407. The second kappa shape index (κ2) is 8.08. The standard InChI is InChI=1S/C17H24N2O4S/c1-23-10-4-8-17(14-20)7-3-9-19(13-17)24(21,22)16-6-2-5-15(11-16)12-18/h2,5-6,11,20H,3-4,7-10,13-14H2,1H3/t17-/m1/s1. The van der Waals surface area contributed by atoms with Crippen LogP contribution in [0, 0.1) is 16.7 Å². The SMILES string of the molecule is COCCC[C@]1(CO)CCCN(S(=O)(=O)c2cccc(C#N)c2)C1. The minimum atomic E-state index is -3.67. The lowest BCUT2D eigenvalue weighted by atomic mass is 9.78. The fourth-order valence-corrected chi connectivity index (χ4v) is 4.88. The largest absolute Gasteiger partial charge is 0.396 e. The smallest absolute Gasteiger partial charge is 0.243 e. The first-order valence-electron chi connectivity index (χ1n) is 8.07. The summed E-state index contributed by atoms with van der Waals surface area (Å²) in [6.45, 7) is 1.29. The molecule has 7 heteroatoms. The Balaban J connectivity index is 2.22. The molecule has 1 atom stereocenters. The van der Waals surface area contributed by atoms with Crippen molar-refractivity contribution in [3.63, 3.8) is 0 Å². The van der Waals surface area contributed by atoms with Crippen LogP contribution in [0.4, 0.5) is 0 Å². The van der Waals surface area contributed by atoms with E-state index in [9.17, 15) is 13.5 Å². The highest BCUT2D eigenvalue weighted by Gasteiger charge is 2.39. The molecule has 0 unspecified atom stereocenters. The van der Waals surface area contributed by atoms with E-state index in [1.807, 2.05) is 6.07 Å². The van der Waals surface area contributed by atoms with Crippen molar-refractivity contribution in [2.24, 2.45) is 5.41 Å². The predicted octanol–water partition coefficient (Wildman–Crippen LogP) is 1.75. The van der Waals surface area contributed by atoms with Crippen LogP contribution < -0.4 is 0 Å². The molecule has 0 aromatic heterocycles. The molecule has 1 aliphatic heterocycles. The number of aliphatic hydroxyl groups excluding tert-OH is 1. The maximum atomic E-state index is 12.9. The molecule has 1 heterocycles. The highest BCUT2D eigenvalue weighted by atomic mass is 32.2. The summed E-state index contributed by atoms with van der Waals surface area (Å²) in [6.07, 6.45) is 3.03. The van der Waals surface area contributed by atoms with Crippen molar-refractivity contribution in [3.05, 3.63) is 29.8 Å². The molecule has 1 N–H and O–H groups in total. The Morgan fingerprint density at radius 2 is 2.25 bits per heavy atom. The van der Waals surface area contributed by atoms with Gasteiger partial charge in [-0.3, -0.25) is 0 Å². The Bertz CT molecular complexity index is 699. The number of ether oxygens (including phenoxy) is 1. The molecular formula is C17H24N2O4S. The molecule has 0 saturated carbocycles. The zero-order valence-electron chi connectivity index (χ0n) is 13.9. The number of sulfonamides is 1. The molecule has 132 valence electrons. The fraction of sp³-hybridized carbons (Fsp3) is 0.588. The van der Waals surface area contributed by atoms with Crippen LogP contribution in [0.15, 0.2) is 29.2 Å². The molecule has 1 aliphatic rings. The quantitative estimate of drug-likeness (QED) is 0.755. The molecule has 1 aromatic rings. The van der Waals surface area contributed by atoms with E-state index in [1.165, 1.54) is 16.4 Å². The third kappa shape index (κ3) is 4.14. The van der Waals surface area contributed by atoms with Crippen LogP contribution in [0.5, 0.6) is 0 Å². The van der Waals surface area contributed by atoms with E-state index in [-0.39, 0.29) is 11.5 Å². The summed E-state index contributed by atoms with van der Waals surface area (Å²) in [6, 6.07) is 8.03. The van der Waals surface area contributed by atoms with Crippen molar-refractivity contribution in [2.75, 3.05) is 33.4 Å². The monoisotopic (exact) mass is 352 g/mol. The van der Waals surface area contributed by atoms with Gasteiger partial charge in [0, 0.05) is 38.8 Å². The maximum Gasteiger partial charge on any atom is 0.243 e. The van der Waals surface area contributed by atoms with Crippen LogP contribution in [0.3, 0.4) is 0 Å². The van der Waals surface area contributed by atoms with Gasteiger partial charge in [-0.2, -0.15) is 9.57 Å². The average molecular weight is 352 g/mol. The van der Waals surface area contributed by atoms with Gasteiger partial charge >= 0.3 is 0 Å². The molecule has 24 heavy (non-hydrogen) atoms. The van der Waals surface area contributed by atoms with Gasteiger partial charge in [0.05, 0.1) is 16.5 Å². The third-order valence-corrected chi connectivity index (χ3v) is 6.46. The van der Waals surface area contributed by atoms with Gasteiger partial charge in [0.1, 0.15) is 0 Å². The van der Waals surface area contributed by atoms with Gasteiger partial charge in [0.15, 0.2) is 0 Å². The van der Waals surface area contributed by atoms with Crippen molar-refractivity contribution >= 4 is 10.0 Å². The number of aliphatic hydroxyl groups is 1. The number of nitriles is 1. The Labute approximate surface area is 143 Å². The summed E-state index contributed by atoms with van der Waals surface area (Å²) in [5.74, 6) is 0. The van der Waals surface area contributed by atoms with Crippen LogP contribution in [0.25, 0.3) is 0 Å². The van der Waals surface area contributed by atoms with Crippen LogP contribution in [0.2, 0.25) is 0 Å². The maximum absolute atomic E-state index is 12.9. The van der Waals surface area contributed by atoms with Crippen molar-refractivity contribution in [3.8, 4) is 6.07 Å². The van der Waals surface area contributed by atoms with Crippen molar-refractivity contribution in [1.82, 2.24) is 4.31 Å². The highest BCUT2D eigenvalue weighted by molar-refractivity contribution is 7.89. The van der Waals surface area contributed by atoms with Gasteiger partial charge in [-0.05, 0) is 43.9 Å². The van der Waals surface area contributed by atoms with E-state index in [1.54, 1.807) is 19.2 Å². The molecule has 1 aromatic carbocycles. The Hall–Kier alpha value is -1.46. The summed E-state index contributed by atoms with van der Waals surface area (Å²) in [5.41, 5.74) is -0.0990. The number of piperidine rings is 1. The zero-order chi connectivity index (χ0) is 17.6. The van der Waals surface area contributed by atoms with E-state index in [0.29, 0.717) is 31.7 Å². The van der Waals surface area contributed by atoms with E-state index in [4.69, 9.17) is 10.00 Å². The summed E-state index contributed by atoms with van der Waals surface area (Å²) < 4.78 is 32.3. The Kier molecular flexibility index (Phi) is 6.35. The van der Waals surface area contributed by atoms with Crippen LogP contribution in [0.1, 0.15) is 31.2 Å². The topological polar surface area (TPSA) is 90.6 Å². The number of hydrogen-bond acceptors (Lipinski definition) is 5. The Morgan fingerprint density at radius 3 is 2.92 bits per heavy atom. The first-order chi connectivity index (χ1) is 11.5. The molecule has 0 spiro atoms. The number of hydrogen-bond donors (Lipinski definition) is 1. The number of rotatable bonds is 7. The highest BCUT2D eigenvalue weighted by Crippen LogP contribution is 2.36. The van der Waals surface area contributed by atoms with Gasteiger partial charge < -0.3 is 9.84 Å². The van der Waals surface area contributed by atoms with E-state index >= 15 is 0 Å².